The van der Waals surface area contributed by atoms with Gasteiger partial charge in [-0.1, -0.05) is 23.2 Å². The number of nitrogens with one attached hydrogen (secondary N) is 2. The number of pyridine rings is 1. The minimum absolute atomic E-state index is 0.00826. The average Bonchev–Trinajstić information content (AvgIpc) is 3.15. The van der Waals surface area contributed by atoms with Crippen molar-refractivity contribution in [2.45, 2.75) is 6.18 Å². The number of carbonyl (C=O) groups excluding carboxylic acids is 2. The summed E-state index contributed by atoms with van der Waals surface area (Å²) >= 11 is 12.6. The first-order valence-corrected chi connectivity index (χ1v) is 9.33. The van der Waals surface area contributed by atoms with E-state index in [4.69, 9.17) is 23.2 Å². The van der Waals surface area contributed by atoms with Crippen molar-refractivity contribution >= 4 is 46.4 Å². The lowest BCUT2D eigenvalue weighted by Crippen LogP contribution is -2.41. The number of halogens is 5. The largest absolute Gasteiger partial charge is 0.417 e. The Balaban J connectivity index is 1.68. The maximum absolute atomic E-state index is 12.7. The number of aromatic nitrogens is 2. The van der Waals surface area contributed by atoms with Crippen molar-refractivity contribution in [1.82, 2.24) is 20.8 Å². The van der Waals surface area contributed by atoms with Crippen LogP contribution in [-0.2, 0) is 6.18 Å². The van der Waals surface area contributed by atoms with E-state index >= 15 is 0 Å². The van der Waals surface area contributed by atoms with Crippen LogP contribution in [0.25, 0.3) is 10.7 Å². The molecule has 3 rings (SSSR count). The molecule has 29 heavy (non-hydrogen) atoms. The van der Waals surface area contributed by atoms with E-state index in [0.29, 0.717) is 11.2 Å². The molecule has 3 aromatic rings. The normalized spacial score (nSPS) is 11.2. The molecular weight excluding hydrogens is 452 g/mol. The molecule has 0 aliphatic carbocycles. The van der Waals surface area contributed by atoms with E-state index in [1.54, 1.807) is 0 Å². The lowest BCUT2D eigenvalue weighted by Gasteiger charge is -2.07. The first-order valence-electron chi connectivity index (χ1n) is 7.70. The Morgan fingerprint density at radius 3 is 2.31 bits per heavy atom. The Bertz CT molecular complexity index is 1070. The van der Waals surface area contributed by atoms with Crippen molar-refractivity contribution in [2.24, 2.45) is 0 Å². The van der Waals surface area contributed by atoms with E-state index in [0.717, 1.165) is 17.4 Å². The number of nitrogens with zero attached hydrogens (tertiary/aromatic N) is 2. The highest BCUT2D eigenvalue weighted by molar-refractivity contribution is 7.13. The molecule has 0 bridgehead atoms. The Labute approximate surface area is 175 Å². The van der Waals surface area contributed by atoms with Crippen LogP contribution in [0.3, 0.4) is 0 Å². The smallest absolute Gasteiger partial charge is 0.267 e. The molecule has 0 radical (unpaired) electrons. The fraction of sp³-hybridized carbons (Fsp3) is 0.0588. The highest BCUT2D eigenvalue weighted by Gasteiger charge is 2.32. The van der Waals surface area contributed by atoms with Gasteiger partial charge in [-0.15, -0.1) is 11.3 Å². The van der Waals surface area contributed by atoms with Gasteiger partial charge >= 0.3 is 6.18 Å². The topological polar surface area (TPSA) is 84.0 Å². The highest BCUT2D eigenvalue weighted by Crippen LogP contribution is 2.34. The van der Waals surface area contributed by atoms with Crippen molar-refractivity contribution in [3.8, 4) is 10.7 Å². The predicted octanol–water partition coefficient (Wildman–Crippen LogP) is 4.61. The van der Waals surface area contributed by atoms with Gasteiger partial charge in [-0.3, -0.25) is 25.4 Å². The maximum atomic E-state index is 12.7. The molecule has 2 amide bonds. The van der Waals surface area contributed by atoms with Crippen LogP contribution >= 0.6 is 34.5 Å². The van der Waals surface area contributed by atoms with E-state index in [2.05, 4.69) is 20.8 Å². The third kappa shape index (κ3) is 5.03. The molecule has 2 aromatic heterocycles. The summed E-state index contributed by atoms with van der Waals surface area (Å²) in [6.07, 6.45) is -3.94. The number of hydrogen-bond donors (Lipinski definition) is 2. The zero-order valence-corrected chi connectivity index (χ0v) is 16.4. The molecule has 2 heterocycles. The number of rotatable bonds is 3. The Kier molecular flexibility index (Phi) is 6.06. The van der Waals surface area contributed by atoms with Crippen LogP contribution in [0, 0.1) is 0 Å². The van der Waals surface area contributed by atoms with Gasteiger partial charge in [0.25, 0.3) is 11.8 Å². The summed E-state index contributed by atoms with van der Waals surface area (Å²) in [5.41, 5.74) is 3.62. The number of amides is 2. The fourth-order valence-corrected chi connectivity index (χ4v) is 3.33. The van der Waals surface area contributed by atoms with Gasteiger partial charge in [0.05, 0.1) is 10.6 Å². The summed E-state index contributed by atoms with van der Waals surface area (Å²) in [7, 11) is 0. The molecule has 0 aliphatic heterocycles. The summed E-state index contributed by atoms with van der Waals surface area (Å²) < 4.78 is 38.1. The third-order valence-corrected chi connectivity index (χ3v) is 4.89. The molecule has 0 saturated heterocycles. The second kappa shape index (κ2) is 8.36. The van der Waals surface area contributed by atoms with Gasteiger partial charge in [0.2, 0.25) is 0 Å². The molecule has 6 nitrogen and oxygen atoms in total. The molecule has 0 atom stereocenters. The highest BCUT2D eigenvalue weighted by atomic mass is 35.5. The van der Waals surface area contributed by atoms with Crippen molar-refractivity contribution in [1.29, 1.82) is 0 Å². The standard InChI is InChI=1S/C17H9Cl2F3N4O2S/c18-10-3-1-8(2-4-10)14(27)25-26-15(28)12-7-29-16(24-12)13-11(19)5-9(6-23-13)17(20,21)22/h1-7H,(H,25,27)(H,26,28). The van der Waals surface area contributed by atoms with Gasteiger partial charge < -0.3 is 0 Å². The summed E-state index contributed by atoms with van der Waals surface area (Å²) in [5, 5.41) is 1.71. The van der Waals surface area contributed by atoms with Gasteiger partial charge in [-0.2, -0.15) is 13.2 Å². The van der Waals surface area contributed by atoms with Crippen molar-refractivity contribution in [3.05, 3.63) is 68.8 Å². The zero-order chi connectivity index (χ0) is 21.2. The van der Waals surface area contributed by atoms with Crippen LogP contribution < -0.4 is 10.9 Å². The Morgan fingerprint density at radius 2 is 1.69 bits per heavy atom. The maximum Gasteiger partial charge on any atom is 0.417 e. The molecule has 0 saturated carbocycles. The minimum atomic E-state index is -4.58. The lowest BCUT2D eigenvalue weighted by atomic mass is 10.2. The van der Waals surface area contributed by atoms with Crippen molar-refractivity contribution in [2.75, 3.05) is 0 Å². The van der Waals surface area contributed by atoms with Crippen LogP contribution in [0.2, 0.25) is 10.0 Å². The Hall–Kier alpha value is -2.69. The van der Waals surface area contributed by atoms with E-state index in [1.165, 1.54) is 29.6 Å². The third-order valence-electron chi connectivity index (χ3n) is 3.50. The summed E-state index contributed by atoms with van der Waals surface area (Å²) in [6, 6.07) is 6.72. The van der Waals surface area contributed by atoms with Crippen LogP contribution in [-0.4, -0.2) is 21.8 Å². The quantitative estimate of drug-likeness (QED) is 0.559. The van der Waals surface area contributed by atoms with Crippen LogP contribution in [0.5, 0.6) is 0 Å². The molecule has 0 aliphatic rings. The molecule has 12 heteroatoms. The average molecular weight is 461 g/mol. The van der Waals surface area contributed by atoms with E-state index < -0.39 is 23.6 Å². The fourth-order valence-electron chi connectivity index (χ4n) is 2.09. The lowest BCUT2D eigenvalue weighted by molar-refractivity contribution is -0.137. The Morgan fingerprint density at radius 1 is 1.03 bits per heavy atom. The van der Waals surface area contributed by atoms with Crippen LogP contribution in [0.4, 0.5) is 13.2 Å². The molecule has 0 unspecified atom stereocenters. The van der Waals surface area contributed by atoms with E-state index in [9.17, 15) is 22.8 Å². The number of thiazole rings is 1. The zero-order valence-electron chi connectivity index (χ0n) is 14.1. The summed E-state index contributed by atoms with van der Waals surface area (Å²) in [4.78, 5) is 31.8. The van der Waals surface area contributed by atoms with Crippen molar-refractivity contribution in [3.63, 3.8) is 0 Å². The SMILES string of the molecule is O=C(NNC(=O)c1csc(-c2ncc(C(F)(F)F)cc2Cl)n1)c1ccc(Cl)cc1. The number of carbonyl (C=O) groups is 2. The first-order chi connectivity index (χ1) is 13.6. The molecule has 1 aromatic carbocycles. The van der Waals surface area contributed by atoms with Crippen LogP contribution in [0.15, 0.2) is 41.9 Å². The second-order valence-corrected chi connectivity index (χ2v) is 7.21. The van der Waals surface area contributed by atoms with Gasteiger partial charge in [0.15, 0.2) is 0 Å². The van der Waals surface area contributed by atoms with Crippen LogP contribution in [0.1, 0.15) is 26.4 Å². The molecule has 0 fully saturated rings. The number of alkyl halides is 3. The molecule has 2 N–H and O–H groups in total. The van der Waals surface area contributed by atoms with Gasteiger partial charge in [-0.05, 0) is 30.3 Å². The number of benzene rings is 1. The first kappa shape index (κ1) is 21.0. The monoisotopic (exact) mass is 460 g/mol. The molecule has 150 valence electrons. The van der Waals surface area contributed by atoms with Gasteiger partial charge in [0.1, 0.15) is 16.4 Å². The predicted molar refractivity (Wildman–Crippen MR) is 102 cm³/mol. The second-order valence-electron chi connectivity index (χ2n) is 5.51. The molecule has 0 spiro atoms. The summed E-state index contributed by atoms with van der Waals surface area (Å²) in [5.74, 6) is -1.30. The van der Waals surface area contributed by atoms with E-state index in [1.807, 2.05) is 0 Å². The van der Waals surface area contributed by atoms with Crippen molar-refractivity contribution < 1.29 is 22.8 Å². The van der Waals surface area contributed by atoms with E-state index in [-0.39, 0.29) is 27.0 Å². The summed E-state index contributed by atoms with van der Waals surface area (Å²) in [6.45, 7) is 0. The van der Waals surface area contributed by atoms with Gasteiger partial charge in [-0.25, -0.2) is 4.98 Å². The molecular formula is C17H9Cl2F3N4O2S. The van der Waals surface area contributed by atoms with Gasteiger partial charge in [0, 0.05) is 22.2 Å². The number of hydrazine groups is 1. The number of hydrogen-bond acceptors (Lipinski definition) is 5. The minimum Gasteiger partial charge on any atom is -0.267 e.